The number of benzene rings is 1. The van der Waals surface area contributed by atoms with Crippen molar-refractivity contribution < 1.29 is 4.42 Å². The fourth-order valence-electron chi connectivity index (χ4n) is 1.53. The highest BCUT2D eigenvalue weighted by atomic mass is 32.1. The lowest BCUT2D eigenvalue weighted by Crippen LogP contribution is -2.15. The average Bonchev–Trinajstić information content (AvgIpc) is 2.29. The molecular formula is C12H13NO2S. The van der Waals surface area contributed by atoms with Crippen molar-refractivity contribution in [2.75, 3.05) is 12.3 Å². The van der Waals surface area contributed by atoms with Crippen LogP contribution in [0.25, 0.3) is 11.0 Å². The first-order chi connectivity index (χ1) is 7.79. The van der Waals surface area contributed by atoms with Gasteiger partial charge in [-0.15, -0.1) is 0 Å². The van der Waals surface area contributed by atoms with Crippen LogP contribution in [0.5, 0.6) is 0 Å². The molecule has 0 saturated carbocycles. The van der Waals surface area contributed by atoms with Crippen LogP contribution in [0.4, 0.5) is 0 Å². The SMILES string of the molecule is O=c1ccc2ccc(CNCCS)cc2o1. The van der Waals surface area contributed by atoms with E-state index < -0.39 is 0 Å². The van der Waals surface area contributed by atoms with Gasteiger partial charge in [-0.1, -0.05) is 12.1 Å². The molecule has 1 heterocycles. The fraction of sp³-hybridized carbons (Fsp3) is 0.250. The molecule has 16 heavy (non-hydrogen) atoms. The van der Waals surface area contributed by atoms with E-state index in [-0.39, 0.29) is 5.63 Å². The number of fused-ring (bicyclic) bond motifs is 1. The third-order valence-electron chi connectivity index (χ3n) is 2.31. The molecule has 1 aromatic heterocycles. The van der Waals surface area contributed by atoms with Crippen LogP contribution in [0.3, 0.4) is 0 Å². The van der Waals surface area contributed by atoms with Gasteiger partial charge in [0.25, 0.3) is 0 Å². The minimum Gasteiger partial charge on any atom is -0.423 e. The zero-order valence-electron chi connectivity index (χ0n) is 8.77. The summed E-state index contributed by atoms with van der Waals surface area (Å²) in [5.74, 6) is 0.808. The van der Waals surface area contributed by atoms with Crippen LogP contribution in [0.1, 0.15) is 5.56 Å². The molecule has 0 fully saturated rings. The van der Waals surface area contributed by atoms with Crippen LogP contribution in [0.15, 0.2) is 39.5 Å². The van der Waals surface area contributed by atoms with E-state index in [0.29, 0.717) is 5.58 Å². The van der Waals surface area contributed by atoms with Crippen molar-refractivity contribution in [1.82, 2.24) is 5.32 Å². The first kappa shape index (κ1) is 11.2. The Bertz CT molecular complexity index is 536. The summed E-state index contributed by atoms with van der Waals surface area (Å²) in [4.78, 5) is 11.1. The van der Waals surface area contributed by atoms with E-state index in [9.17, 15) is 4.79 Å². The Balaban J connectivity index is 2.25. The van der Waals surface area contributed by atoms with Gasteiger partial charge >= 0.3 is 5.63 Å². The molecule has 4 heteroatoms. The van der Waals surface area contributed by atoms with E-state index in [0.717, 1.165) is 29.8 Å². The molecule has 0 amide bonds. The summed E-state index contributed by atoms with van der Waals surface area (Å²) in [6.07, 6.45) is 0. The topological polar surface area (TPSA) is 42.2 Å². The summed E-state index contributed by atoms with van der Waals surface area (Å²) in [6.45, 7) is 1.62. The monoisotopic (exact) mass is 235 g/mol. The maximum atomic E-state index is 11.1. The lowest BCUT2D eigenvalue weighted by atomic mass is 10.1. The van der Waals surface area contributed by atoms with Gasteiger partial charge in [-0.2, -0.15) is 12.6 Å². The zero-order valence-corrected chi connectivity index (χ0v) is 9.67. The number of hydrogen-bond acceptors (Lipinski definition) is 4. The summed E-state index contributed by atoms with van der Waals surface area (Å²) >= 11 is 4.12. The molecule has 2 aromatic rings. The molecule has 1 aromatic carbocycles. The molecule has 0 unspecified atom stereocenters. The van der Waals surface area contributed by atoms with Gasteiger partial charge in [-0.3, -0.25) is 0 Å². The molecule has 0 bridgehead atoms. The van der Waals surface area contributed by atoms with Gasteiger partial charge in [-0.25, -0.2) is 4.79 Å². The van der Waals surface area contributed by atoms with Crippen molar-refractivity contribution in [3.8, 4) is 0 Å². The van der Waals surface area contributed by atoms with Gasteiger partial charge < -0.3 is 9.73 Å². The maximum Gasteiger partial charge on any atom is 0.336 e. The van der Waals surface area contributed by atoms with Crippen molar-refractivity contribution in [2.45, 2.75) is 6.54 Å². The number of rotatable bonds is 4. The second-order valence-electron chi connectivity index (χ2n) is 3.53. The average molecular weight is 235 g/mol. The Labute approximate surface area is 98.9 Å². The minimum atomic E-state index is -0.312. The summed E-state index contributed by atoms with van der Waals surface area (Å²) in [5.41, 5.74) is 1.43. The zero-order chi connectivity index (χ0) is 11.4. The Morgan fingerprint density at radius 1 is 1.25 bits per heavy atom. The second-order valence-corrected chi connectivity index (χ2v) is 3.97. The highest BCUT2D eigenvalue weighted by molar-refractivity contribution is 7.80. The third kappa shape index (κ3) is 2.65. The molecule has 84 valence electrons. The number of hydrogen-bond donors (Lipinski definition) is 2. The maximum absolute atomic E-state index is 11.1. The van der Waals surface area contributed by atoms with Gasteiger partial charge in [-0.05, 0) is 17.7 Å². The number of nitrogens with one attached hydrogen (secondary N) is 1. The molecule has 2 rings (SSSR count). The van der Waals surface area contributed by atoms with Crippen LogP contribution in [-0.4, -0.2) is 12.3 Å². The lowest BCUT2D eigenvalue weighted by molar-refractivity contribution is 0.560. The summed E-state index contributed by atoms with van der Waals surface area (Å²) < 4.78 is 5.11. The predicted octanol–water partition coefficient (Wildman–Crippen LogP) is 1.81. The van der Waals surface area contributed by atoms with Crippen LogP contribution < -0.4 is 10.9 Å². The Kier molecular flexibility index (Phi) is 3.64. The van der Waals surface area contributed by atoms with Crippen LogP contribution in [-0.2, 0) is 6.54 Å². The molecule has 0 radical (unpaired) electrons. The highest BCUT2D eigenvalue weighted by Gasteiger charge is 1.99. The van der Waals surface area contributed by atoms with Crippen molar-refractivity contribution in [1.29, 1.82) is 0 Å². The molecule has 3 nitrogen and oxygen atoms in total. The predicted molar refractivity (Wildman–Crippen MR) is 68.0 cm³/mol. The van der Waals surface area contributed by atoms with E-state index in [4.69, 9.17) is 4.42 Å². The van der Waals surface area contributed by atoms with Crippen molar-refractivity contribution in [3.05, 3.63) is 46.3 Å². The molecular weight excluding hydrogens is 222 g/mol. The van der Waals surface area contributed by atoms with Gasteiger partial charge in [0.2, 0.25) is 0 Å². The van der Waals surface area contributed by atoms with Crippen LogP contribution in [0.2, 0.25) is 0 Å². The Morgan fingerprint density at radius 3 is 2.88 bits per heavy atom. The molecule has 0 atom stereocenters. The third-order valence-corrected chi connectivity index (χ3v) is 2.53. The minimum absolute atomic E-state index is 0.312. The first-order valence-corrected chi connectivity index (χ1v) is 5.77. The summed E-state index contributed by atoms with van der Waals surface area (Å²) in [7, 11) is 0. The fourth-order valence-corrected chi connectivity index (χ4v) is 1.68. The van der Waals surface area contributed by atoms with Gasteiger partial charge in [0.05, 0.1) is 0 Å². The van der Waals surface area contributed by atoms with E-state index in [1.54, 1.807) is 6.07 Å². The second kappa shape index (κ2) is 5.18. The summed E-state index contributed by atoms with van der Waals surface area (Å²) in [5, 5.41) is 4.18. The smallest absolute Gasteiger partial charge is 0.336 e. The lowest BCUT2D eigenvalue weighted by Gasteiger charge is -2.03. The van der Waals surface area contributed by atoms with Gasteiger partial charge in [0, 0.05) is 30.3 Å². The van der Waals surface area contributed by atoms with Crippen LogP contribution >= 0.6 is 12.6 Å². The quantitative estimate of drug-likeness (QED) is 0.482. The Hall–Kier alpha value is -1.26. The summed E-state index contributed by atoms with van der Waals surface area (Å²) in [6, 6.07) is 9.07. The molecule has 0 aliphatic rings. The van der Waals surface area contributed by atoms with Gasteiger partial charge in [0.15, 0.2) is 0 Å². The standard InChI is InChI=1S/C12H13NO2S/c14-12-4-3-10-2-1-9(7-11(10)15-12)8-13-5-6-16/h1-4,7,13,16H,5-6,8H2. The van der Waals surface area contributed by atoms with Crippen LogP contribution in [0, 0.1) is 0 Å². The Morgan fingerprint density at radius 2 is 2.06 bits per heavy atom. The van der Waals surface area contributed by atoms with E-state index >= 15 is 0 Å². The number of thiol groups is 1. The van der Waals surface area contributed by atoms with Crippen molar-refractivity contribution >= 4 is 23.6 Å². The van der Waals surface area contributed by atoms with E-state index in [2.05, 4.69) is 17.9 Å². The van der Waals surface area contributed by atoms with Crippen molar-refractivity contribution in [2.24, 2.45) is 0 Å². The molecule has 0 aliphatic heterocycles. The normalized spacial score (nSPS) is 10.8. The van der Waals surface area contributed by atoms with E-state index in [1.165, 1.54) is 6.07 Å². The largest absolute Gasteiger partial charge is 0.423 e. The highest BCUT2D eigenvalue weighted by Crippen LogP contribution is 2.13. The van der Waals surface area contributed by atoms with Crippen molar-refractivity contribution in [3.63, 3.8) is 0 Å². The molecule has 1 N–H and O–H groups in total. The first-order valence-electron chi connectivity index (χ1n) is 5.14. The van der Waals surface area contributed by atoms with E-state index in [1.807, 2.05) is 18.2 Å². The molecule has 0 spiro atoms. The molecule has 0 aliphatic carbocycles. The molecule has 0 saturated heterocycles. The van der Waals surface area contributed by atoms with Gasteiger partial charge in [0.1, 0.15) is 5.58 Å².